The molecule has 1 N–H and O–H groups in total. The van der Waals surface area contributed by atoms with Crippen LogP contribution in [0.3, 0.4) is 0 Å². The number of hydrogen-bond donors (Lipinski definition) is 1. The minimum Gasteiger partial charge on any atom is -0.465 e. The van der Waals surface area contributed by atoms with E-state index >= 15 is 0 Å². The van der Waals surface area contributed by atoms with Crippen LogP contribution < -0.4 is 10.2 Å². The largest absolute Gasteiger partial charge is 0.465 e. The van der Waals surface area contributed by atoms with Crippen LogP contribution in [0.4, 0.5) is 11.4 Å². The average Bonchev–Trinajstić information content (AvgIpc) is 3.33. The lowest BCUT2D eigenvalue weighted by Gasteiger charge is -2.30. The van der Waals surface area contributed by atoms with Crippen LogP contribution in [0.5, 0.6) is 0 Å². The van der Waals surface area contributed by atoms with Gasteiger partial charge in [-0.1, -0.05) is 29.3 Å². The summed E-state index contributed by atoms with van der Waals surface area (Å²) in [5.41, 5.74) is 2.31. The van der Waals surface area contributed by atoms with Crippen molar-refractivity contribution in [1.29, 1.82) is 0 Å². The van der Waals surface area contributed by atoms with E-state index in [9.17, 15) is 9.59 Å². The molecule has 0 aliphatic carbocycles. The fourth-order valence-electron chi connectivity index (χ4n) is 3.57. The third kappa shape index (κ3) is 5.44. The lowest BCUT2D eigenvalue weighted by Crippen LogP contribution is -2.36. The Labute approximate surface area is 206 Å². The zero-order valence-electron chi connectivity index (χ0n) is 18.3. The van der Waals surface area contributed by atoms with Gasteiger partial charge in [-0.15, -0.1) is 0 Å². The minimum absolute atomic E-state index is 0.341. The highest BCUT2D eigenvalue weighted by molar-refractivity contribution is 6.43. The van der Waals surface area contributed by atoms with Crippen molar-refractivity contribution in [3.8, 4) is 11.3 Å². The predicted molar refractivity (Wildman–Crippen MR) is 133 cm³/mol. The molecule has 1 aliphatic rings. The summed E-state index contributed by atoms with van der Waals surface area (Å²) in [6, 6.07) is 13.8. The Morgan fingerprint density at radius 2 is 1.88 bits per heavy atom. The number of nitrogens with zero attached hydrogens (tertiary/aromatic N) is 1. The molecule has 0 unspecified atom stereocenters. The van der Waals surface area contributed by atoms with Gasteiger partial charge in [0.15, 0.2) is 0 Å². The summed E-state index contributed by atoms with van der Waals surface area (Å²) in [5, 5.41) is 3.68. The second kappa shape index (κ2) is 10.8. The van der Waals surface area contributed by atoms with E-state index in [0.717, 1.165) is 5.69 Å². The molecular weight excluding hydrogens is 479 g/mol. The number of benzene rings is 2. The van der Waals surface area contributed by atoms with Crippen LogP contribution in [0, 0.1) is 0 Å². The summed E-state index contributed by atoms with van der Waals surface area (Å²) in [6.45, 7) is 2.53. The molecule has 0 spiro atoms. The molecule has 1 amide bonds. The highest BCUT2D eigenvalue weighted by Crippen LogP contribution is 2.34. The van der Waals surface area contributed by atoms with Gasteiger partial charge in [-0.05, 0) is 48.5 Å². The van der Waals surface area contributed by atoms with Crippen molar-refractivity contribution in [3.63, 3.8) is 0 Å². The second-order valence-corrected chi connectivity index (χ2v) is 8.23. The van der Waals surface area contributed by atoms with Gasteiger partial charge in [0.05, 0.1) is 47.3 Å². The van der Waals surface area contributed by atoms with Crippen molar-refractivity contribution in [2.24, 2.45) is 0 Å². The highest BCUT2D eigenvalue weighted by Gasteiger charge is 2.18. The third-order valence-electron chi connectivity index (χ3n) is 5.27. The Hall–Kier alpha value is -3.26. The maximum absolute atomic E-state index is 12.7. The number of anilines is 2. The first-order valence-electron chi connectivity index (χ1n) is 10.5. The van der Waals surface area contributed by atoms with E-state index in [4.69, 9.17) is 37.1 Å². The van der Waals surface area contributed by atoms with Gasteiger partial charge >= 0.3 is 5.97 Å². The molecule has 34 heavy (non-hydrogen) atoms. The first-order valence-corrected chi connectivity index (χ1v) is 11.3. The van der Waals surface area contributed by atoms with Crippen molar-refractivity contribution < 1.29 is 23.5 Å². The SMILES string of the molecule is COC(=O)c1ccc(N2CCOCC2)c(NC(=O)/C=C/c2ccc(-c3cccc(Cl)c3Cl)o2)c1. The standard InChI is InChI=1S/C25H22Cl2N2O5/c1-32-25(31)16-5-8-21(29-11-13-33-14-12-29)20(15-16)28-23(30)10-7-17-6-9-22(34-17)18-3-2-4-19(26)24(18)27/h2-10,15H,11-14H2,1H3,(H,28,30)/b10-7+. The lowest BCUT2D eigenvalue weighted by molar-refractivity contribution is -0.111. The zero-order chi connectivity index (χ0) is 24.1. The number of carbonyl (C=O) groups excluding carboxylic acids is 2. The molecule has 3 aromatic rings. The lowest BCUT2D eigenvalue weighted by atomic mass is 10.1. The number of morpholine rings is 1. The highest BCUT2D eigenvalue weighted by atomic mass is 35.5. The summed E-state index contributed by atoms with van der Waals surface area (Å²) in [4.78, 5) is 26.8. The molecular formula is C25H22Cl2N2O5. The van der Waals surface area contributed by atoms with Gasteiger partial charge in [-0.2, -0.15) is 0 Å². The molecule has 9 heteroatoms. The summed E-state index contributed by atoms with van der Waals surface area (Å²) >= 11 is 12.3. The topological polar surface area (TPSA) is 81.0 Å². The number of methoxy groups -OCH3 is 1. The van der Waals surface area contributed by atoms with Crippen LogP contribution >= 0.6 is 23.2 Å². The van der Waals surface area contributed by atoms with Crippen molar-refractivity contribution in [1.82, 2.24) is 0 Å². The number of ether oxygens (including phenoxy) is 2. The van der Waals surface area contributed by atoms with Crippen LogP contribution in [0.1, 0.15) is 16.1 Å². The number of esters is 1. The average molecular weight is 501 g/mol. The minimum atomic E-state index is -0.484. The van der Waals surface area contributed by atoms with Crippen molar-refractivity contribution >= 4 is 52.5 Å². The monoisotopic (exact) mass is 500 g/mol. The molecule has 176 valence electrons. The van der Waals surface area contributed by atoms with Crippen molar-refractivity contribution in [2.75, 3.05) is 43.6 Å². The van der Waals surface area contributed by atoms with Crippen LogP contribution in [0.15, 0.2) is 59.0 Å². The molecule has 1 fully saturated rings. The normalized spacial score (nSPS) is 13.8. The molecule has 1 aromatic heterocycles. The number of amides is 1. The predicted octanol–water partition coefficient (Wildman–Crippen LogP) is 5.53. The molecule has 0 radical (unpaired) electrons. The third-order valence-corrected chi connectivity index (χ3v) is 6.09. The second-order valence-electron chi connectivity index (χ2n) is 7.45. The van der Waals surface area contributed by atoms with E-state index in [2.05, 4.69) is 10.2 Å². The maximum atomic E-state index is 12.7. The smallest absolute Gasteiger partial charge is 0.337 e. The number of carbonyl (C=O) groups is 2. The molecule has 0 saturated carbocycles. The summed E-state index contributed by atoms with van der Waals surface area (Å²) < 4.78 is 16.0. The number of furan rings is 1. The van der Waals surface area contributed by atoms with Crippen LogP contribution in [0.2, 0.25) is 10.0 Å². The number of halogens is 2. The molecule has 4 rings (SSSR count). The number of rotatable bonds is 6. The van der Waals surface area contributed by atoms with Crippen molar-refractivity contribution in [3.05, 3.63) is 76.0 Å². The molecule has 7 nitrogen and oxygen atoms in total. The van der Waals surface area contributed by atoms with Gasteiger partial charge in [0.1, 0.15) is 11.5 Å². The molecule has 0 bridgehead atoms. The van der Waals surface area contributed by atoms with Crippen molar-refractivity contribution in [2.45, 2.75) is 0 Å². The summed E-state index contributed by atoms with van der Waals surface area (Å²) in [6.07, 6.45) is 2.91. The molecule has 1 saturated heterocycles. The molecule has 1 aliphatic heterocycles. The summed E-state index contributed by atoms with van der Waals surface area (Å²) in [5.74, 6) is 0.142. The van der Waals surface area contributed by atoms with Gasteiger partial charge in [-0.3, -0.25) is 4.79 Å². The van der Waals surface area contributed by atoms with Gasteiger partial charge in [0.25, 0.3) is 0 Å². The van der Waals surface area contributed by atoms with Gasteiger partial charge < -0.3 is 24.1 Å². The van der Waals surface area contributed by atoms with E-state index in [1.807, 2.05) is 0 Å². The Morgan fingerprint density at radius 1 is 1.09 bits per heavy atom. The van der Waals surface area contributed by atoms with E-state index in [-0.39, 0.29) is 5.91 Å². The Bertz CT molecular complexity index is 1230. The maximum Gasteiger partial charge on any atom is 0.337 e. The fourth-order valence-corrected chi connectivity index (χ4v) is 3.97. The van der Waals surface area contributed by atoms with E-state index in [1.54, 1.807) is 54.6 Å². The molecule has 2 heterocycles. The zero-order valence-corrected chi connectivity index (χ0v) is 19.9. The van der Waals surface area contributed by atoms with Gasteiger partial charge in [0, 0.05) is 24.7 Å². The van der Waals surface area contributed by atoms with Crippen LogP contribution in [0.25, 0.3) is 17.4 Å². The molecule has 2 aromatic carbocycles. The first kappa shape index (κ1) is 23.9. The quantitative estimate of drug-likeness (QED) is 0.354. The van der Waals surface area contributed by atoms with Crippen LogP contribution in [-0.4, -0.2) is 45.3 Å². The fraction of sp³-hybridized carbons (Fsp3) is 0.200. The van der Waals surface area contributed by atoms with Gasteiger partial charge in [0.2, 0.25) is 5.91 Å². The van der Waals surface area contributed by atoms with E-state index < -0.39 is 5.97 Å². The Kier molecular flexibility index (Phi) is 7.57. The summed E-state index contributed by atoms with van der Waals surface area (Å²) in [7, 11) is 1.31. The number of hydrogen-bond acceptors (Lipinski definition) is 6. The Balaban J connectivity index is 1.52. The number of nitrogens with one attached hydrogen (secondary N) is 1. The van der Waals surface area contributed by atoms with E-state index in [1.165, 1.54) is 13.2 Å². The Morgan fingerprint density at radius 3 is 2.65 bits per heavy atom. The van der Waals surface area contributed by atoms with Crippen LogP contribution in [-0.2, 0) is 14.3 Å². The first-order chi connectivity index (χ1) is 16.5. The van der Waals surface area contributed by atoms with E-state index in [0.29, 0.717) is 64.7 Å². The van der Waals surface area contributed by atoms with Gasteiger partial charge in [-0.25, -0.2) is 4.79 Å². The molecule has 0 atom stereocenters.